The summed E-state index contributed by atoms with van der Waals surface area (Å²) in [5.41, 5.74) is 5.15. The number of nitrogens with one attached hydrogen (secondary N) is 1. The molecule has 0 saturated heterocycles. The molecule has 42 valence electrons. The molecule has 0 heterocycles. The Bertz CT molecular complexity index is 24.0. The van der Waals surface area contributed by atoms with Crippen LogP contribution in [0.5, 0.6) is 0 Å². The lowest BCUT2D eigenvalue weighted by Crippen LogP contribution is -2.21. The van der Waals surface area contributed by atoms with E-state index in [2.05, 4.69) is 12.2 Å². The average Bonchev–Trinajstić information content (AvgIpc) is 1.61. The van der Waals surface area contributed by atoms with Gasteiger partial charge in [-0.2, -0.15) is 0 Å². The molecule has 0 aromatic carbocycles. The first-order valence-corrected chi connectivity index (χ1v) is 2.32. The van der Waals surface area contributed by atoms with E-state index in [1.165, 1.54) is 0 Å². The molecule has 0 aliphatic carbocycles. The number of likely N-dealkylation sites (N-methyl/N-ethyl adjacent to an activating group) is 1. The molecule has 6 heavy (non-hydrogen) atoms. The second-order valence-corrected chi connectivity index (χ2v) is 1.14. The first-order valence-electron chi connectivity index (χ1n) is 2.32. The van der Waals surface area contributed by atoms with Crippen LogP contribution in [0.15, 0.2) is 0 Å². The third-order valence-corrected chi connectivity index (χ3v) is 0.571. The third kappa shape index (κ3) is 3.92. The molecule has 0 amide bonds. The van der Waals surface area contributed by atoms with Crippen LogP contribution in [0.25, 0.3) is 0 Å². The Kier molecular flexibility index (Phi) is 4.85. The summed E-state index contributed by atoms with van der Waals surface area (Å²) in [5, 5.41) is 3.07. The van der Waals surface area contributed by atoms with Gasteiger partial charge in [-0.05, 0) is 6.54 Å². The van der Waals surface area contributed by atoms with E-state index in [9.17, 15) is 0 Å². The molecule has 0 unspecified atom stereocenters. The molecule has 0 radical (unpaired) electrons. The normalized spacial score (nSPS) is 9.00. The van der Waals surface area contributed by atoms with Crippen molar-refractivity contribution in [3.8, 4) is 0 Å². The molecule has 0 aliphatic rings. The number of nitrogens with two attached hydrogens (primary N) is 1. The lowest BCUT2D eigenvalue weighted by molar-refractivity contribution is 0.725. The molecular formula is C4H16N2. The molecule has 0 bridgehead atoms. The van der Waals surface area contributed by atoms with Gasteiger partial charge < -0.3 is 11.1 Å². The molecule has 0 fully saturated rings. The Hall–Kier alpha value is -0.0800. The molecule has 0 saturated carbocycles. The fourth-order valence-electron chi connectivity index (χ4n) is 0.279. The highest BCUT2D eigenvalue weighted by atomic mass is 14.9. The Labute approximate surface area is 41.7 Å². The largest absolute Gasteiger partial charge is 0.329 e. The van der Waals surface area contributed by atoms with Crippen LogP contribution >= 0.6 is 0 Å². The zero-order chi connectivity index (χ0) is 4.83. The van der Waals surface area contributed by atoms with E-state index in [-0.39, 0.29) is 2.85 Å². The molecule has 0 rings (SSSR count). The lowest BCUT2D eigenvalue weighted by Gasteiger charge is -1.92. The summed E-state index contributed by atoms with van der Waals surface area (Å²) in [6.07, 6.45) is 0. The summed E-state index contributed by atoms with van der Waals surface area (Å²) in [6, 6.07) is 0. The molecule has 2 heteroatoms. The average molecular weight is 92.2 g/mol. The lowest BCUT2D eigenvalue weighted by atomic mass is 10.6. The van der Waals surface area contributed by atoms with Crippen LogP contribution in [0.4, 0.5) is 0 Å². The van der Waals surface area contributed by atoms with Gasteiger partial charge in [-0.15, -0.1) is 0 Å². The monoisotopic (exact) mass is 92.1 g/mol. The SMILES string of the molecule is CCNCCN.[HH].[HH]. The summed E-state index contributed by atoms with van der Waals surface area (Å²) in [6.45, 7) is 4.77. The van der Waals surface area contributed by atoms with Gasteiger partial charge in [0.15, 0.2) is 0 Å². The Morgan fingerprint density at radius 1 is 1.83 bits per heavy atom. The number of hydrogen-bond acceptors (Lipinski definition) is 2. The zero-order valence-corrected chi connectivity index (χ0v) is 4.20. The van der Waals surface area contributed by atoms with Crippen LogP contribution in [0.1, 0.15) is 9.78 Å². The van der Waals surface area contributed by atoms with Crippen molar-refractivity contribution in [3.63, 3.8) is 0 Å². The smallest absolute Gasteiger partial charge is 0.00743 e. The van der Waals surface area contributed by atoms with Crippen LogP contribution in [-0.2, 0) is 0 Å². The van der Waals surface area contributed by atoms with Crippen molar-refractivity contribution in [2.24, 2.45) is 5.73 Å². The first kappa shape index (κ1) is 5.92. The molecule has 3 N–H and O–H groups in total. The van der Waals surface area contributed by atoms with E-state index >= 15 is 0 Å². The third-order valence-electron chi connectivity index (χ3n) is 0.571. The summed E-state index contributed by atoms with van der Waals surface area (Å²) in [5.74, 6) is 0. The molecule has 2 nitrogen and oxygen atoms in total. The van der Waals surface area contributed by atoms with Crippen molar-refractivity contribution in [3.05, 3.63) is 0 Å². The summed E-state index contributed by atoms with van der Waals surface area (Å²) in [7, 11) is 0. The number of hydrogen-bond donors (Lipinski definition) is 2. The zero-order valence-electron chi connectivity index (χ0n) is 4.20. The summed E-state index contributed by atoms with van der Waals surface area (Å²) < 4.78 is 0. The second-order valence-electron chi connectivity index (χ2n) is 1.14. The van der Waals surface area contributed by atoms with Crippen molar-refractivity contribution in [1.29, 1.82) is 0 Å². The maximum Gasteiger partial charge on any atom is 0.00743 e. The number of rotatable bonds is 3. The van der Waals surface area contributed by atoms with Crippen molar-refractivity contribution in [1.82, 2.24) is 5.32 Å². The van der Waals surface area contributed by atoms with Gasteiger partial charge in [-0.1, -0.05) is 6.92 Å². The molecule has 0 aromatic rings. The Balaban J connectivity index is -0.000000125. The summed E-state index contributed by atoms with van der Waals surface area (Å²) >= 11 is 0. The molecular weight excluding hydrogens is 76.1 g/mol. The molecule has 0 atom stereocenters. The Morgan fingerprint density at radius 2 is 2.50 bits per heavy atom. The van der Waals surface area contributed by atoms with Gasteiger partial charge in [0, 0.05) is 15.9 Å². The predicted molar refractivity (Wildman–Crippen MR) is 31.8 cm³/mol. The van der Waals surface area contributed by atoms with Crippen molar-refractivity contribution in [2.75, 3.05) is 19.6 Å². The van der Waals surface area contributed by atoms with Crippen LogP contribution in [-0.4, -0.2) is 19.6 Å². The van der Waals surface area contributed by atoms with Crippen LogP contribution < -0.4 is 11.1 Å². The van der Waals surface area contributed by atoms with E-state index < -0.39 is 0 Å². The maximum atomic E-state index is 5.15. The van der Waals surface area contributed by atoms with E-state index in [0.29, 0.717) is 0 Å². The highest BCUT2D eigenvalue weighted by molar-refractivity contribution is 4.39. The fourth-order valence-corrected chi connectivity index (χ4v) is 0.279. The minimum atomic E-state index is 0. The maximum absolute atomic E-state index is 5.15. The van der Waals surface area contributed by atoms with Gasteiger partial charge in [0.25, 0.3) is 0 Å². The highest BCUT2D eigenvalue weighted by Gasteiger charge is 1.71. The van der Waals surface area contributed by atoms with E-state index in [1.807, 2.05) is 0 Å². The van der Waals surface area contributed by atoms with Gasteiger partial charge in [0.2, 0.25) is 0 Å². The Morgan fingerprint density at radius 3 is 2.67 bits per heavy atom. The predicted octanol–water partition coefficient (Wildman–Crippen LogP) is 0.0466. The molecule has 0 aromatic heterocycles. The quantitative estimate of drug-likeness (QED) is 0.483. The van der Waals surface area contributed by atoms with Gasteiger partial charge in [-0.25, -0.2) is 0 Å². The van der Waals surface area contributed by atoms with Gasteiger partial charge >= 0.3 is 0 Å². The van der Waals surface area contributed by atoms with E-state index in [1.54, 1.807) is 0 Å². The first-order chi connectivity index (χ1) is 2.91. The second kappa shape index (κ2) is 4.92. The van der Waals surface area contributed by atoms with Crippen LogP contribution in [0.2, 0.25) is 0 Å². The van der Waals surface area contributed by atoms with E-state index in [0.717, 1.165) is 19.6 Å². The standard InChI is InChI=1S/C4H12N2.2H2/c1-2-6-4-3-5;;/h6H,2-5H2,1H3;2*1H. The minimum absolute atomic E-state index is 0. The van der Waals surface area contributed by atoms with E-state index in [4.69, 9.17) is 5.73 Å². The summed E-state index contributed by atoms with van der Waals surface area (Å²) in [4.78, 5) is 0. The fraction of sp³-hybridized carbons (Fsp3) is 1.00. The van der Waals surface area contributed by atoms with Crippen LogP contribution in [0, 0.1) is 0 Å². The van der Waals surface area contributed by atoms with Gasteiger partial charge in [0.05, 0.1) is 0 Å². The minimum Gasteiger partial charge on any atom is -0.329 e. The van der Waals surface area contributed by atoms with Crippen molar-refractivity contribution < 1.29 is 2.85 Å². The van der Waals surface area contributed by atoms with Crippen LogP contribution in [0.3, 0.4) is 0 Å². The van der Waals surface area contributed by atoms with Gasteiger partial charge in [0.1, 0.15) is 0 Å². The highest BCUT2D eigenvalue weighted by Crippen LogP contribution is 1.48. The topological polar surface area (TPSA) is 38.0 Å². The molecule has 0 aliphatic heterocycles. The van der Waals surface area contributed by atoms with Crippen molar-refractivity contribution >= 4 is 0 Å². The van der Waals surface area contributed by atoms with Crippen molar-refractivity contribution in [2.45, 2.75) is 6.92 Å². The molecule has 0 spiro atoms. The van der Waals surface area contributed by atoms with Gasteiger partial charge in [-0.3, -0.25) is 0 Å².